The molecule has 0 radical (unpaired) electrons. The summed E-state index contributed by atoms with van der Waals surface area (Å²) < 4.78 is 0. The molecule has 1 saturated heterocycles. The SMILES string of the molecule is CC(C)(NC(=O)Nc1ccccc1)C(=O)N1CCCC(CCC(=O)O)C1. The minimum absolute atomic E-state index is 0.119. The average Bonchev–Trinajstić information content (AvgIpc) is 2.60. The van der Waals surface area contributed by atoms with E-state index in [1.165, 1.54) is 0 Å². The van der Waals surface area contributed by atoms with Crippen molar-refractivity contribution in [1.29, 1.82) is 0 Å². The number of likely N-dealkylation sites (tertiary alicyclic amines) is 1. The van der Waals surface area contributed by atoms with Crippen LogP contribution in [0.5, 0.6) is 0 Å². The van der Waals surface area contributed by atoms with Crippen molar-refractivity contribution in [3.05, 3.63) is 30.3 Å². The molecule has 1 aromatic carbocycles. The second-order valence-electron chi connectivity index (χ2n) is 7.26. The number of carboxylic acid groups (broad SMARTS) is 1. The summed E-state index contributed by atoms with van der Waals surface area (Å²) in [6.45, 7) is 4.53. The van der Waals surface area contributed by atoms with Gasteiger partial charge >= 0.3 is 12.0 Å². The van der Waals surface area contributed by atoms with Crippen LogP contribution in [0.25, 0.3) is 0 Å². The summed E-state index contributed by atoms with van der Waals surface area (Å²) in [5.41, 5.74) is -0.395. The number of carbonyl (C=O) groups excluding carboxylic acids is 2. The summed E-state index contributed by atoms with van der Waals surface area (Å²) in [6.07, 6.45) is 2.47. The fourth-order valence-electron chi connectivity index (χ4n) is 3.23. The van der Waals surface area contributed by atoms with E-state index in [2.05, 4.69) is 10.6 Å². The lowest BCUT2D eigenvalue weighted by atomic mass is 9.91. The molecule has 3 N–H and O–H groups in total. The quantitative estimate of drug-likeness (QED) is 0.725. The lowest BCUT2D eigenvalue weighted by molar-refractivity contribution is -0.139. The summed E-state index contributed by atoms with van der Waals surface area (Å²) >= 11 is 0. The summed E-state index contributed by atoms with van der Waals surface area (Å²) in [5.74, 6) is -0.772. The van der Waals surface area contributed by atoms with Gasteiger partial charge in [-0.3, -0.25) is 9.59 Å². The Morgan fingerprint density at radius 1 is 1.23 bits per heavy atom. The van der Waals surface area contributed by atoms with Crippen LogP contribution in [0, 0.1) is 5.92 Å². The third kappa shape index (κ3) is 5.75. The van der Waals surface area contributed by atoms with E-state index in [0.29, 0.717) is 25.2 Å². The molecule has 1 aromatic rings. The molecular formula is C19H27N3O4. The molecule has 142 valence electrons. The van der Waals surface area contributed by atoms with Crippen molar-refractivity contribution >= 4 is 23.6 Å². The molecular weight excluding hydrogens is 334 g/mol. The van der Waals surface area contributed by atoms with Gasteiger partial charge in [0.15, 0.2) is 0 Å². The highest BCUT2D eigenvalue weighted by Gasteiger charge is 2.35. The molecule has 1 fully saturated rings. The number of aliphatic carboxylic acids is 1. The molecule has 0 saturated carbocycles. The number of piperidine rings is 1. The predicted molar refractivity (Wildman–Crippen MR) is 98.8 cm³/mol. The Bertz CT molecular complexity index is 645. The van der Waals surface area contributed by atoms with Gasteiger partial charge in [0, 0.05) is 25.2 Å². The maximum atomic E-state index is 12.9. The van der Waals surface area contributed by atoms with Crippen LogP contribution in [0.4, 0.5) is 10.5 Å². The number of anilines is 1. The summed E-state index contributed by atoms with van der Waals surface area (Å²) in [4.78, 5) is 37.5. The van der Waals surface area contributed by atoms with Crippen LogP contribution in [-0.2, 0) is 9.59 Å². The Balaban J connectivity index is 1.91. The zero-order valence-electron chi connectivity index (χ0n) is 15.3. The Labute approximate surface area is 153 Å². The first kappa shape index (κ1) is 19.8. The Hall–Kier alpha value is -2.57. The summed E-state index contributed by atoms with van der Waals surface area (Å²) in [5, 5.41) is 14.3. The van der Waals surface area contributed by atoms with Crippen LogP contribution in [0.15, 0.2) is 30.3 Å². The maximum absolute atomic E-state index is 12.9. The van der Waals surface area contributed by atoms with Crippen molar-refractivity contribution < 1.29 is 19.5 Å². The Morgan fingerprint density at radius 3 is 2.58 bits per heavy atom. The van der Waals surface area contributed by atoms with Gasteiger partial charge in [-0.05, 0) is 51.2 Å². The molecule has 1 atom stereocenters. The van der Waals surface area contributed by atoms with Crippen molar-refractivity contribution in [3.63, 3.8) is 0 Å². The highest BCUT2D eigenvalue weighted by Crippen LogP contribution is 2.23. The minimum atomic E-state index is -1.05. The smallest absolute Gasteiger partial charge is 0.320 e. The van der Waals surface area contributed by atoms with E-state index in [9.17, 15) is 14.4 Å². The number of carbonyl (C=O) groups is 3. The van der Waals surface area contributed by atoms with Gasteiger partial charge in [-0.25, -0.2) is 4.79 Å². The normalized spacial score (nSPS) is 17.5. The molecule has 1 aliphatic rings. The van der Waals surface area contributed by atoms with E-state index in [1.807, 2.05) is 18.2 Å². The van der Waals surface area contributed by atoms with E-state index >= 15 is 0 Å². The van der Waals surface area contributed by atoms with Crippen LogP contribution in [0.2, 0.25) is 0 Å². The van der Waals surface area contributed by atoms with Gasteiger partial charge in [0.1, 0.15) is 5.54 Å². The molecule has 1 unspecified atom stereocenters. The number of hydrogen-bond donors (Lipinski definition) is 3. The van der Waals surface area contributed by atoms with Gasteiger partial charge in [-0.2, -0.15) is 0 Å². The van der Waals surface area contributed by atoms with Crippen molar-refractivity contribution in [2.24, 2.45) is 5.92 Å². The number of carboxylic acids is 1. The second-order valence-corrected chi connectivity index (χ2v) is 7.26. The number of hydrogen-bond acceptors (Lipinski definition) is 3. The molecule has 1 heterocycles. The summed E-state index contributed by atoms with van der Waals surface area (Å²) in [6, 6.07) is 8.59. The standard InChI is InChI=1S/C19H27N3O4/c1-19(2,21-18(26)20-15-8-4-3-5-9-15)17(25)22-12-6-7-14(13-22)10-11-16(23)24/h3-5,8-9,14H,6-7,10-13H2,1-2H3,(H,23,24)(H2,20,21,26). The fourth-order valence-corrected chi connectivity index (χ4v) is 3.23. The Kier molecular flexibility index (Phi) is 6.60. The first-order valence-electron chi connectivity index (χ1n) is 8.93. The molecule has 0 spiro atoms. The second kappa shape index (κ2) is 8.69. The lowest BCUT2D eigenvalue weighted by Crippen LogP contribution is -2.58. The van der Waals surface area contributed by atoms with Crippen LogP contribution in [0.1, 0.15) is 39.5 Å². The van der Waals surface area contributed by atoms with Gasteiger partial charge in [0.25, 0.3) is 0 Å². The van der Waals surface area contributed by atoms with E-state index in [4.69, 9.17) is 5.11 Å². The number of nitrogens with zero attached hydrogens (tertiary/aromatic N) is 1. The number of amides is 3. The third-order valence-electron chi connectivity index (χ3n) is 4.57. The van der Waals surface area contributed by atoms with E-state index < -0.39 is 17.5 Å². The molecule has 0 aromatic heterocycles. The van der Waals surface area contributed by atoms with Crippen molar-refractivity contribution in [3.8, 4) is 0 Å². The highest BCUT2D eigenvalue weighted by molar-refractivity contribution is 5.95. The monoisotopic (exact) mass is 361 g/mol. The zero-order chi connectivity index (χ0) is 19.2. The topological polar surface area (TPSA) is 98.7 Å². The van der Waals surface area contributed by atoms with Crippen LogP contribution in [0.3, 0.4) is 0 Å². The van der Waals surface area contributed by atoms with Crippen LogP contribution >= 0.6 is 0 Å². The van der Waals surface area contributed by atoms with E-state index in [0.717, 1.165) is 12.8 Å². The van der Waals surface area contributed by atoms with Gasteiger partial charge in [-0.1, -0.05) is 18.2 Å². The third-order valence-corrected chi connectivity index (χ3v) is 4.57. The molecule has 26 heavy (non-hydrogen) atoms. The van der Waals surface area contributed by atoms with Crippen LogP contribution < -0.4 is 10.6 Å². The molecule has 0 aliphatic carbocycles. The number of para-hydroxylation sites is 1. The van der Waals surface area contributed by atoms with Gasteiger partial charge in [0.2, 0.25) is 5.91 Å². The molecule has 0 bridgehead atoms. The molecule has 2 rings (SSSR count). The lowest BCUT2D eigenvalue weighted by Gasteiger charge is -2.37. The number of benzene rings is 1. The molecule has 1 aliphatic heterocycles. The van der Waals surface area contributed by atoms with E-state index in [1.54, 1.807) is 30.9 Å². The fraction of sp³-hybridized carbons (Fsp3) is 0.526. The summed E-state index contributed by atoms with van der Waals surface area (Å²) in [7, 11) is 0. The van der Waals surface area contributed by atoms with Crippen molar-refractivity contribution in [1.82, 2.24) is 10.2 Å². The first-order valence-corrected chi connectivity index (χ1v) is 8.93. The Morgan fingerprint density at radius 2 is 1.92 bits per heavy atom. The van der Waals surface area contributed by atoms with Gasteiger partial charge in [0.05, 0.1) is 0 Å². The van der Waals surface area contributed by atoms with Gasteiger partial charge in [-0.15, -0.1) is 0 Å². The average molecular weight is 361 g/mol. The largest absolute Gasteiger partial charge is 0.481 e. The van der Waals surface area contributed by atoms with Crippen molar-refractivity contribution in [2.45, 2.75) is 45.1 Å². The highest BCUT2D eigenvalue weighted by atomic mass is 16.4. The number of rotatable bonds is 6. The minimum Gasteiger partial charge on any atom is -0.481 e. The zero-order valence-corrected chi connectivity index (χ0v) is 15.3. The van der Waals surface area contributed by atoms with Crippen LogP contribution in [-0.4, -0.2) is 46.5 Å². The van der Waals surface area contributed by atoms with Crippen molar-refractivity contribution in [2.75, 3.05) is 18.4 Å². The first-order chi connectivity index (χ1) is 12.3. The van der Waals surface area contributed by atoms with Gasteiger partial charge < -0.3 is 20.6 Å². The molecule has 3 amide bonds. The molecule has 7 nitrogen and oxygen atoms in total. The maximum Gasteiger partial charge on any atom is 0.320 e. The molecule has 7 heteroatoms. The number of nitrogens with one attached hydrogen (secondary N) is 2. The predicted octanol–water partition coefficient (Wildman–Crippen LogP) is 2.69. The number of urea groups is 1. The van der Waals surface area contributed by atoms with E-state index in [-0.39, 0.29) is 18.2 Å².